The number of piperidine rings is 2. The zero-order chi connectivity index (χ0) is 32.8. The van der Waals surface area contributed by atoms with Gasteiger partial charge in [0.15, 0.2) is 0 Å². The van der Waals surface area contributed by atoms with E-state index >= 15 is 0 Å². The highest BCUT2D eigenvalue weighted by atomic mass is 79.9. The van der Waals surface area contributed by atoms with Gasteiger partial charge in [0.25, 0.3) is 11.8 Å². The lowest BCUT2D eigenvalue weighted by Crippen LogP contribution is -2.33. The Morgan fingerprint density at radius 2 is 1.11 bits per heavy atom. The van der Waals surface area contributed by atoms with Crippen LogP contribution in [0.4, 0.5) is 41.1 Å². The quantitative estimate of drug-likeness (QED) is 0.172. The molecule has 6 heterocycles. The largest absolute Gasteiger partial charge is 0.491 e. The third kappa shape index (κ3) is 6.49. The lowest BCUT2D eigenvalue weighted by molar-refractivity contribution is 0.0790. The van der Waals surface area contributed by atoms with Crippen LogP contribution in [0.5, 0.6) is 0 Å². The Morgan fingerprint density at radius 1 is 0.674 bits per heavy atom. The van der Waals surface area contributed by atoms with E-state index < -0.39 is 42.6 Å². The Hall–Kier alpha value is -4.30. The van der Waals surface area contributed by atoms with E-state index in [4.69, 9.17) is 21.5 Å². The maximum Gasteiger partial charge on any atom is 0.491 e. The van der Waals surface area contributed by atoms with Crippen LogP contribution in [-0.4, -0.2) is 95.1 Å². The van der Waals surface area contributed by atoms with Crippen LogP contribution in [0.3, 0.4) is 0 Å². The van der Waals surface area contributed by atoms with E-state index in [1.165, 1.54) is 24.8 Å². The molecule has 4 atom stereocenters. The molecule has 2 aliphatic carbocycles. The van der Waals surface area contributed by atoms with Gasteiger partial charge in [0.2, 0.25) is 11.9 Å². The molecule has 0 amide bonds. The van der Waals surface area contributed by atoms with Gasteiger partial charge in [0.1, 0.15) is 16.2 Å². The van der Waals surface area contributed by atoms with Gasteiger partial charge in [-0.05, 0) is 15.9 Å². The van der Waals surface area contributed by atoms with Crippen LogP contribution in [0.25, 0.3) is 11.3 Å². The van der Waals surface area contributed by atoms with Crippen molar-refractivity contribution in [3.8, 4) is 11.3 Å². The zero-order valence-corrected chi connectivity index (χ0v) is 25.3. The number of alkyl halides is 4. The summed E-state index contributed by atoms with van der Waals surface area (Å²) in [5, 5.41) is 17.7. The van der Waals surface area contributed by atoms with Crippen LogP contribution < -0.4 is 26.7 Å². The van der Waals surface area contributed by atoms with Gasteiger partial charge < -0.3 is 31.3 Å². The molecule has 0 radical (unpaired) electrons. The summed E-state index contributed by atoms with van der Waals surface area (Å²) in [7, 11) is -1.61. The van der Waals surface area contributed by atoms with E-state index in [0.717, 1.165) is 0 Å². The normalized spacial score (nSPS) is 24.1. The van der Waals surface area contributed by atoms with Gasteiger partial charge in [-0.1, -0.05) is 0 Å². The Kier molecular flexibility index (Phi) is 8.36. The molecule has 0 spiro atoms. The van der Waals surface area contributed by atoms with Crippen molar-refractivity contribution in [1.29, 1.82) is 0 Å². The van der Waals surface area contributed by atoms with Crippen LogP contribution in [0.1, 0.15) is 0 Å². The summed E-state index contributed by atoms with van der Waals surface area (Å²) in [4.78, 5) is 35.5. The minimum atomic E-state index is -2.52. The van der Waals surface area contributed by atoms with Crippen molar-refractivity contribution in [1.82, 2.24) is 39.9 Å². The molecule has 4 unspecified atom stereocenters. The summed E-state index contributed by atoms with van der Waals surface area (Å²) in [6.45, 7) is 1.15. The molecule has 8 rings (SSSR count). The van der Waals surface area contributed by atoms with E-state index in [1.807, 2.05) is 0 Å². The van der Waals surface area contributed by atoms with Crippen LogP contribution in [0.2, 0.25) is 0 Å². The molecule has 20 heteroatoms. The van der Waals surface area contributed by atoms with Crippen molar-refractivity contribution in [2.45, 2.75) is 11.8 Å². The second kappa shape index (κ2) is 12.1. The third-order valence-electron chi connectivity index (χ3n) is 8.13. The van der Waals surface area contributed by atoms with E-state index in [0.29, 0.717) is 52.5 Å². The first-order valence-corrected chi connectivity index (χ1v) is 14.7. The summed E-state index contributed by atoms with van der Waals surface area (Å²) in [5.74, 6) is -5.66. The number of hydrogen-bond acceptors (Lipinski definition) is 14. The molecule has 240 valence electrons. The van der Waals surface area contributed by atoms with Crippen molar-refractivity contribution in [3.63, 3.8) is 0 Å². The summed E-state index contributed by atoms with van der Waals surface area (Å²) >= 11 is 3.11. The highest BCUT2D eigenvalue weighted by Crippen LogP contribution is 2.60. The molecule has 2 aliphatic heterocycles. The van der Waals surface area contributed by atoms with E-state index in [-0.39, 0.29) is 18.6 Å². The van der Waals surface area contributed by atoms with Crippen molar-refractivity contribution >= 4 is 52.0 Å². The first-order chi connectivity index (χ1) is 21.8. The molecule has 6 N–H and O–H groups in total. The lowest BCUT2D eigenvalue weighted by Gasteiger charge is -2.19. The van der Waals surface area contributed by atoms with Crippen molar-refractivity contribution in [2.24, 2.45) is 23.7 Å². The Bertz CT molecular complexity index is 1650. The van der Waals surface area contributed by atoms with Gasteiger partial charge in [-0.15, -0.1) is 0 Å². The Morgan fingerprint density at radius 3 is 1.50 bits per heavy atom. The molecule has 2 saturated heterocycles. The highest BCUT2D eigenvalue weighted by Gasteiger charge is 2.72. The minimum Gasteiger partial charge on any atom is -0.423 e. The highest BCUT2D eigenvalue weighted by molar-refractivity contribution is 9.10. The van der Waals surface area contributed by atoms with E-state index in [9.17, 15) is 17.6 Å². The molecule has 0 aromatic carbocycles. The van der Waals surface area contributed by atoms with Crippen molar-refractivity contribution in [2.75, 3.05) is 47.4 Å². The predicted molar refractivity (Wildman–Crippen MR) is 162 cm³/mol. The molecule has 4 fully saturated rings. The molecule has 46 heavy (non-hydrogen) atoms. The fourth-order valence-electron chi connectivity index (χ4n) is 5.46. The van der Waals surface area contributed by atoms with Crippen LogP contribution in [0.15, 0.2) is 54.2 Å². The van der Waals surface area contributed by atoms with Gasteiger partial charge in [0, 0.05) is 62.0 Å². The van der Waals surface area contributed by atoms with Crippen LogP contribution in [0, 0.1) is 23.7 Å². The molecule has 0 bridgehead atoms. The zero-order valence-electron chi connectivity index (χ0n) is 23.7. The molecular weight excluding hydrogens is 679 g/mol. The van der Waals surface area contributed by atoms with Crippen LogP contribution in [-0.2, 0) is 0 Å². The van der Waals surface area contributed by atoms with Gasteiger partial charge in [-0.25, -0.2) is 47.5 Å². The third-order valence-corrected chi connectivity index (χ3v) is 8.51. The number of fused-ring (bicyclic) bond motifs is 2. The molecular formula is C26H26BBrF4N12O2. The molecule has 4 aliphatic rings. The monoisotopic (exact) mass is 704 g/mol. The van der Waals surface area contributed by atoms with Gasteiger partial charge in [0.05, 0.1) is 54.2 Å². The second-order valence-corrected chi connectivity index (χ2v) is 12.0. The number of halogens is 5. The topological polar surface area (TPSA) is 202 Å². The summed E-state index contributed by atoms with van der Waals surface area (Å²) in [6.07, 6.45) is 11.9. The van der Waals surface area contributed by atoms with Crippen molar-refractivity contribution in [3.05, 3.63) is 54.2 Å². The number of nitrogens with zero attached hydrogens (tertiary/aromatic N) is 10. The number of nitrogens with two attached hydrogens (primary N) is 2. The average molecular weight is 705 g/mol. The standard InChI is InChI=1S/C13H12F2N6.C9H10BF2N3O2.C4H4BrN3/c14-13(15)8-5-21(6-9(8)13)12-18-1-7(2-19-12)10-3-17-4-11(16)20-10;11-9(12)6-3-15(4-7(6)9)8-13-1-5(2-14-8)10(16)17;5-3-1-7-2-4(6)8-3/h1-4,8-9H,5-6H2,(H2,16,20);1-2,6-7,16-17H,3-4H2;1-2H,(H2,6,8). The Labute approximate surface area is 267 Å². The second-order valence-electron chi connectivity index (χ2n) is 11.1. The van der Waals surface area contributed by atoms with Gasteiger partial charge in [-0.3, -0.25) is 9.97 Å². The van der Waals surface area contributed by atoms with Crippen molar-refractivity contribution < 1.29 is 27.6 Å². The predicted octanol–water partition coefficient (Wildman–Crippen LogP) is 0.896. The van der Waals surface area contributed by atoms with E-state index in [1.54, 1.807) is 34.6 Å². The number of nitrogen functional groups attached to an aromatic ring is 2. The molecule has 4 aromatic rings. The number of hydrogen-bond donors (Lipinski definition) is 4. The number of rotatable bonds is 4. The smallest absolute Gasteiger partial charge is 0.423 e. The fraction of sp³-hybridized carbons (Fsp3) is 0.385. The summed E-state index contributed by atoms with van der Waals surface area (Å²) < 4.78 is 52.9. The van der Waals surface area contributed by atoms with E-state index in [2.05, 4.69) is 55.8 Å². The first-order valence-electron chi connectivity index (χ1n) is 13.9. The van der Waals surface area contributed by atoms with Gasteiger partial charge in [-0.2, -0.15) is 0 Å². The first kappa shape index (κ1) is 31.7. The molecule has 14 nitrogen and oxygen atoms in total. The Balaban J connectivity index is 0.000000133. The number of aromatic nitrogens is 8. The fourth-order valence-corrected chi connectivity index (χ4v) is 5.79. The summed E-state index contributed by atoms with van der Waals surface area (Å²) in [5.41, 5.74) is 12.3. The molecule has 4 aromatic heterocycles. The SMILES string of the molecule is Nc1cncc(-c2cnc(N3CC4C(C3)C4(F)F)nc2)n1.Nc1cncc(Br)n1.OB(O)c1cnc(N2CC3C(C2)C3(F)F)nc1. The minimum absolute atomic E-state index is 0.184. The van der Waals surface area contributed by atoms with Gasteiger partial charge >= 0.3 is 7.12 Å². The van der Waals surface area contributed by atoms with Crippen LogP contribution >= 0.6 is 15.9 Å². The summed E-state index contributed by atoms with van der Waals surface area (Å²) in [6, 6.07) is 0. The average Bonchev–Trinajstić information content (AvgIpc) is 3.48. The number of anilines is 4. The maximum absolute atomic E-state index is 13.2. The lowest BCUT2D eigenvalue weighted by atomic mass is 9.83. The molecule has 2 saturated carbocycles. The maximum atomic E-state index is 13.2.